The average molecular weight is 417 g/mol. The highest BCUT2D eigenvalue weighted by Crippen LogP contribution is 2.26. The summed E-state index contributed by atoms with van der Waals surface area (Å²) in [7, 11) is 5.30. The molecule has 29 heavy (non-hydrogen) atoms. The van der Waals surface area contributed by atoms with Gasteiger partial charge >= 0.3 is 0 Å². The molecular formula is C24H36N2O2S. The van der Waals surface area contributed by atoms with E-state index >= 15 is 0 Å². The summed E-state index contributed by atoms with van der Waals surface area (Å²) < 4.78 is 10.5. The number of thioether (sulfide) groups is 1. The van der Waals surface area contributed by atoms with Gasteiger partial charge in [-0.25, -0.2) is 0 Å². The second kappa shape index (κ2) is 15.6. The number of hydrogen-bond acceptors (Lipinski definition) is 5. The minimum absolute atomic E-state index is 0.889. The van der Waals surface area contributed by atoms with E-state index in [0.29, 0.717) is 0 Å². The van der Waals surface area contributed by atoms with Crippen LogP contribution in [0.2, 0.25) is 0 Å². The van der Waals surface area contributed by atoms with Crippen molar-refractivity contribution in [1.82, 2.24) is 4.98 Å². The number of nitrogens with zero attached hydrogens (tertiary/aromatic N) is 1. The maximum atomic E-state index is 5.39. The number of pyridine rings is 1. The summed E-state index contributed by atoms with van der Waals surface area (Å²) in [5.74, 6) is 4.08. The Morgan fingerprint density at radius 1 is 1.07 bits per heavy atom. The Labute approximate surface area is 181 Å². The minimum atomic E-state index is 0.889. The summed E-state index contributed by atoms with van der Waals surface area (Å²) in [5.41, 5.74) is 5.80. The quantitative estimate of drug-likeness (QED) is 0.420. The molecule has 0 amide bonds. The number of rotatable bonds is 8. The number of benzene rings is 1. The predicted octanol–water partition coefficient (Wildman–Crippen LogP) is 6.04. The molecule has 0 spiro atoms. The molecule has 0 fully saturated rings. The van der Waals surface area contributed by atoms with E-state index in [1.54, 1.807) is 14.2 Å². The van der Waals surface area contributed by atoms with Gasteiger partial charge in [0.25, 0.3) is 0 Å². The molecule has 5 heteroatoms. The first-order valence-electron chi connectivity index (χ1n) is 9.70. The van der Waals surface area contributed by atoms with Crippen molar-refractivity contribution >= 4 is 17.4 Å². The van der Waals surface area contributed by atoms with E-state index in [4.69, 9.17) is 9.47 Å². The van der Waals surface area contributed by atoms with Gasteiger partial charge in [-0.15, -0.1) is 12.8 Å². The van der Waals surface area contributed by atoms with Crippen LogP contribution in [0.5, 0.6) is 11.5 Å². The molecule has 1 aromatic carbocycles. The normalized spacial score (nSPS) is 9.41. The van der Waals surface area contributed by atoms with Crippen LogP contribution in [0.4, 0.5) is 5.69 Å². The Bertz CT molecular complexity index is 745. The summed E-state index contributed by atoms with van der Waals surface area (Å²) in [6.45, 7) is 8.41. The van der Waals surface area contributed by atoms with Crippen molar-refractivity contribution in [3.63, 3.8) is 0 Å². The zero-order chi connectivity index (χ0) is 22.2. The monoisotopic (exact) mass is 416 g/mol. The van der Waals surface area contributed by atoms with Crippen LogP contribution in [0.15, 0.2) is 24.4 Å². The Morgan fingerprint density at radius 3 is 2.31 bits per heavy atom. The van der Waals surface area contributed by atoms with Crippen LogP contribution < -0.4 is 14.8 Å². The van der Waals surface area contributed by atoms with E-state index < -0.39 is 0 Å². The van der Waals surface area contributed by atoms with Crippen LogP contribution in [0.1, 0.15) is 42.1 Å². The van der Waals surface area contributed by atoms with Gasteiger partial charge in [0.05, 0.1) is 19.9 Å². The SMILES string of the molecule is C#C.CCCCSCc1ncc(C)c(OC)c1C.CNc1cc(OC)ccc1C. The Hall–Kier alpha value is -2.32. The molecule has 0 aliphatic rings. The summed E-state index contributed by atoms with van der Waals surface area (Å²) in [6, 6.07) is 5.97. The van der Waals surface area contributed by atoms with Crippen molar-refractivity contribution in [2.75, 3.05) is 32.3 Å². The van der Waals surface area contributed by atoms with Crippen LogP contribution in [0.3, 0.4) is 0 Å². The number of methoxy groups -OCH3 is 2. The van der Waals surface area contributed by atoms with Crippen molar-refractivity contribution < 1.29 is 9.47 Å². The fraction of sp³-hybridized carbons (Fsp3) is 0.458. The number of aryl methyl sites for hydroxylation is 2. The molecule has 0 atom stereocenters. The van der Waals surface area contributed by atoms with Crippen molar-refractivity contribution in [2.45, 2.75) is 46.3 Å². The van der Waals surface area contributed by atoms with E-state index in [1.165, 1.54) is 29.7 Å². The van der Waals surface area contributed by atoms with Gasteiger partial charge in [-0.3, -0.25) is 4.98 Å². The molecule has 0 unspecified atom stereocenters. The third-order valence-corrected chi connectivity index (χ3v) is 5.40. The third-order valence-electron chi connectivity index (χ3n) is 4.34. The predicted molar refractivity (Wildman–Crippen MR) is 129 cm³/mol. The lowest BCUT2D eigenvalue weighted by Gasteiger charge is -2.11. The molecule has 0 saturated carbocycles. The van der Waals surface area contributed by atoms with Crippen molar-refractivity contribution in [1.29, 1.82) is 0 Å². The lowest BCUT2D eigenvalue weighted by Crippen LogP contribution is -1.99. The first kappa shape index (κ1) is 26.7. The highest BCUT2D eigenvalue weighted by molar-refractivity contribution is 7.98. The largest absolute Gasteiger partial charge is 0.497 e. The van der Waals surface area contributed by atoms with Crippen LogP contribution in [0, 0.1) is 33.6 Å². The number of hydrogen-bond donors (Lipinski definition) is 1. The molecule has 1 N–H and O–H groups in total. The molecule has 1 aromatic heterocycles. The van der Waals surface area contributed by atoms with Gasteiger partial charge in [-0.2, -0.15) is 11.8 Å². The molecule has 2 aromatic rings. The molecule has 0 radical (unpaired) electrons. The van der Waals surface area contributed by atoms with E-state index in [0.717, 1.165) is 34.2 Å². The molecular weight excluding hydrogens is 380 g/mol. The lowest BCUT2D eigenvalue weighted by molar-refractivity contribution is 0.407. The number of unbranched alkanes of at least 4 members (excludes halogenated alkanes) is 1. The van der Waals surface area contributed by atoms with E-state index in [9.17, 15) is 0 Å². The summed E-state index contributed by atoms with van der Waals surface area (Å²) in [6.07, 6.45) is 12.4. The Balaban J connectivity index is 0.000000526. The Morgan fingerprint density at radius 2 is 1.76 bits per heavy atom. The fourth-order valence-electron chi connectivity index (χ4n) is 2.63. The Kier molecular flexibility index (Phi) is 14.3. The maximum absolute atomic E-state index is 5.39. The molecule has 0 aliphatic heterocycles. The molecule has 0 aliphatic carbocycles. The van der Waals surface area contributed by atoms with Crippen molar-refractivity contribution in [3.05, 3.63) is 46.8 Å². The van der Waals surface area contributed by atoms with Gasteiger partial charge in [0.1, 0.15) is 11.5 Å². The second-order valence-electron chi connectivity index (χ2n) is 6.38. The van der Waals surface area contributed by atoms with Gasteiger partial charge in [0.2, 0.25) is 0 Å². The van der Waals surface area contributed by atoms with Gasteiger partial charge in [0, 0.05) is 41.9 Å². The van der Waals surface area contributed by atoms with Gasteiger partial charge < -0.3 is 14.8 Å². The minimum Gasteiger partial charge on any atom is -0.497 e. The van der Waals surface area contributed by atoms with Crippen LogP contribution in [-0.4, -0.2) is 32.0 Å². The van der Waals surface area contributed by atoms with Crippen LogP contribution >= 0.6 is 11.8 Å². The van der Waals surface area contributed by atoms with Gasteiger partial charge in [0.15, 0.2) is 0 Å². The molecule has 4 nitrogen and oxygen atoms in total. The highest BCUT2D eigenvalue weighted by atomic mass is 32.2. The second-order valence-corrected chi connectivity index (χ2v) is 7.49. The summed E-state index contributed by atoms with van der Waals surface area (Å²) in [5, 5.41) is 3.09. The first-order valence-corrected chi connectivity index (χ1v) is 10.9. The molecule has 2 rings (SSSR count). The maximum Gasteiger partial charge on any atom is 0.128 e. The molecule has 0 saturated heterocycles. The third kappa shape index (κ3) is 9.15. The number of anilines is 1. The molecule has 0 bridgehead atoms. The van der Waals surface area contributed by atoms with Crippen LogP contribution in [-0.2, 0) is 5.75 Å². The first-order chi connectivity index (χ1) is 14.0. The zero-order valence-electron chi connectivity index (χ0n) is 19.0. The molecule has 1 heterocycles. The van der Waals surface area contributed by atoms with E-state index in [-0.39, 0.29) is 0 Å². The zero-order valence-corrected chi connectivity index (χ0v) is 19.8. The smallest absolute Gasteiger partial charge is 0.128 e. The summed E-state index contributed by atoms with van der Waals surface area (Å²) in [4.78, 5) is 4.48. The van der Waals surface area contributed by atoms with Gasteiger partial charge in [-0.1, -0.05) is 19.4 Å². The number of terminal acetylenes is 1. The number of aromatic nitrogens is 1. The number of ether oxygens (including phenoxy) is 2. The van der Waals surface area contributed by atoms with Crippen molar-refractivity contribution in [2.24, 2.45) is 0 Å². The van der Waals surface area contributed by atoms with E-state index in [2.05, 4.69) is 43.9 Å². The average Bonchev–Trinajstić information content (AvgIpc) is 2.75. The fourth-order valence-corrected chi connectivity index (χ4v) is 3.75. The summed E-state index contributed by atoms with van der Waals surface area (Å²) >= 11 is 1.95. The van der Waals surface area contributed by atoms with Gasteiger partial charge in [-0.05, 0) is 44.6 Å². The standard InChI is InChI=1S/C13H21NOS.C9H13NO.C2H2/c1-5-6-7-16-9-12-11(3)13(15-4)10(2)8-14-12;1-7-4-5-8(11-3)6-9(7)10-2;1-2/h8H,5-7,9H2,1-4H3;4-6,10H,1-3H3;1-2H. The topological polar surface area (TPSA) is 43.4 Å². The van der Waals surface area contributed by atoms with E-state index in [1.807, 2.05) is 50.1 Å². The highest BCUT2D eigenvalue weighted by Gasteiger charge is 2.08. The van der Waals surface area contributed by atoms with Crippen molar-refractivity contribution in [3.8, 4) is 24.3 Å². The molecule has 160 valence electrons. The lowest BCUT2D eigenvalue weighted by atomic mass is 10.1. The number of nitrogens with one attached hydrogen (secondary N) is 1. The van der Waals surface area contributed by atoms with Crippen LogP contribution in [0.25, 0.3) is 0 Å².